The van der Waals surface area contributed by atoms with Gasteiger partial charge in [-0.2, -0.15) is 0 Å². The predicted octanol–water partition coefficient (Wildman–Crippen LogP) is 2.15. The molecular formula is C10H8BrN3O. The van der Waals surface area contributed by atoms with Crippen LogP contribution in [0.25, 0.3) is 5.69 Å². The number of nitrogens with zero attached hydrogens (tertiary/aromatic N) is 3. The first-order valence-electron chi connectivity index (χ1n) is 4.36. The van der Waals surface area contributed by atoms with Gasteiger partial charge in [0, 0.05) is 4.47 Å². The van der Waals surface area contributed by atoms with Crippen molar-refractivity contribution in [3.8, 4) is 5.69 Å². The molecule has 1 aromatic carbocycles. The molecule has 1 aromatic heterocycles. The van der Waals surface area contributed by atoms with Gasteiger partial charge < -0.3 is 0 Å². The summed E-state index contributed by atoms with van der Waals surface area (Å²) in [6.45, 7) is 1.76. The van der Waals surface area contributed by atoms with E-state index in [9.17, 15) is 4.79 Å². The Bertz CT molecular complexity index is 490. The van der Waals surface area contributed by atoms with Crippen molar-refractivity contribution in [3.63, 3.8) is 0 Å². The Balaban J connectivity index is 2.53. The van der Waals surface area contributed by atoms with Crippen LogP contribution in [0.2, 0.25) is 0 Å². The topological polar surface area (TPSA) is 47.8 Å². The SMILES string of the molecule is Cc1nnn(-c2ccc(Br)cc2)c1C=O. The Morgan fingerprint density at radius 1 is 1.33 bits per heavy atom. The summed E-state index contributed by atoms with van der Waals surface area (Å²) >= 11 is 3.34. The number of benzene rings is 1. The van der Waals surface area contributed by atoms with Crippen LogP contribution in [-0.4, -0.2) is 21.3 Å². The number of halogens is 1. The van der Waals surface area contributed by atoms with Crippen molar-refractivity contribution in [2.75, 3.05) is 0 Å². The van der Waals surface area contributed by atoms with E-state index in [-0.39, 0.29) is 0 Å². The summed E-state index contributed by atoms with van der Waals surface area (Å²) in [6.07, 6.45) is 0.761. The number of hydrogen-bond donors (Lipinski definition) is 0. The zero-order chi connectivity index (χ0) is 10.8. The summed E-state index contributed by atoms with van der Waals surface area (Å²) in [4.78, 5) is 10.8. The Morgan fingerprint density at radius 3 is 2.60 bits per heavy atom. The van der Waals surface area contributed by atoms with E-state index in [1.807, 2.05) is 24.3 Å². The van der Waals surface area contributed by atoms with Crippen molar-refractivity contribution in [1.29, 1.82) is 0 Å². The molecule has 0 aliphatic carbocycles. The quantitative estimate of drug-likeness (QED) is 0.782. The minimum absolute atomic E-state index is 0.484. The van der Waals surface area contributed by atoms with E-state index in [4.69, 9.17) is 0 Å². The maximum atomic E-state index is 10.8. The lowest BCUT2D eigenvalue weighted by atomic mass is 10.3. The highest BCUT2D eigenvalue weighted by atomic mass is 79.9. The summed E-state index contributed by atoms with van der Waals surface area (Å²) in [6, 6.07) is 7.51. The third-order valence-corrected chi connectivity index (χ3v) is 2.59. The molecule has 2 aromatic rings. The zero-order valence-corrected chi connectivity index (χ0v) is 9.60. The largest absolute Gasteiger partial charge is 0.296 e. The van der Waals surface area contributed by atoms with Crippen LogP contribution in [0.5, 0.6) is 0 Å². The smallest absolute Gasteiger partial charge is 0.170 e. The molecule has 1 heterocycles. The Hall–Kier alpha value is -1.49. The van der Waals surface area contributed by atoms with Gasteiger partial charge in [0.05, 0.1) is 11.4 Å². The Labute approximate surface area is 95.0 Å². The van der Waals surface area contributed by atoms with Gasteiger partial charge in [0.15, 0.2) is 6.29 Å². The molecule has 0 atom stereocenters. The van der Waals surface area contributed by atoms with Crippen molar-refractivity contribution >= 4 is 22.2 Å². The summed E-state index contributed by atoms with van der Waals surface area (Å²) in [7, 11) is 0. The van der Waals surface area contributed by atoms with E-state index in [1.54, 1.807) is 6.92 Å². The van der Waals surface area contributed by atoms with Crippen molar-refractivity contribution < 1.29 is 4.79 Å². The highest BCUT2D eigenvalue weighted by Gasteiger charge is 2.09. The Morgan fingerprint density at radius 2 is 2.00 bits per heavy atom. The van der Waals surface area contributed by atoms with Crippen LogP contribution in [0.4, 0.5) is 0 Å². The zero-order valence-electron chi connectivity index (χ0n) is 8.01. The van der Waals surface area contributed by atoms with E-state index >= 15 is 0 Å². The van der Waals surface area contributed by atoms with Crippen LogP contribution in [0.15, 0.2) is 28.7 Å². The minimum atomic E-state index is 0.484. The fraction of sp³-hybridized carbons (Fsp3) is 0.100. The van der Waals surface area contributed by atoms with Gasteiger partial charge in [-0.25, -0.2) is 4.68 Å². The molecule has 0 saturated carbocycles. The molecule has 0 aliphatic heterocycles. The first-order valence-corrected chi connectivity index (χ1v) is 5.15. The van der Waals surface area contributed by atoms with Gasteiger partial charge in [-0.3, -0.25) is 4.79 Å². The molecule has 0 saturated heterocycles. The van der Waals surface area contributed by atoms with Gasteiger partial charge in [-0.05, 0) is 31.2 Å². The van der Waals surface area contributed by atoms with Gasteiger partial charge >= 0.3 is 0 Å². The fourth-order valence-electron chi connectivity index (χ4n) is 1.27. The summed E-state index contributed by atoms with van der Waals surface area (Å²) < 4.78 is 2.50. The molecule has 0 aliphatic rings. The standard InChI is InChI=1S/C10H8BrN3O/c1-7-10(6-15)14(13-12-7)9-4-2-8(11)3-5-9/h2-6H,1H3. The monoisotopic (exact) mass is 265 g/mol. The van der Waals surface area contributed by atoms with Gasteiger partial charge in [-0.1, -0.05) is 21.1 Å². The third kappa shape index (κ3) is 1.83. The summed E-state index contributed by atoms with van der Waals surface area (Å²) in [5.41, 5.74) is 1.94. The lowest BCUT2D eigenvalue weighted by molar-refractivity contribution is 0.111. The number of aromatic nitrogens is 3. The second-order valence-electron chi connectivity index (χ2n) is 3.07. The van der Waals surface area contributed by atoms with E-state index < -0.39 is 0 Å². The number of carbonyl (C=O) groups is 1. The molecule has 2 rings (SSSR count). The van der Waals surface area contributed by atoms with Crippen molar-refractivity contribution in [3.05, 3.63) is 40.1 Å². The number of rotatable bonds is 2. The molecule has 0 unspecified atom stereocenters. The molecule has 15 heavy (non-hydrogen) atoms. The first-order chi connectivity index (χ1) is 7.22. The number of hydrogen-bond acceptors (Lipinski definition) is 3. The highest BCUT2D eigenvalue weighted by Crippen LogP contribution is 2.15. The average molecular weight is 266 g/mol. The van der Waals surface area contributed by atoms with Crippen molar-refractivity contribution in [1.82, 2.24) is 15.0 Å². The van der Waals surface area contributed by atoms with E-state index in [1.165, 1.54) is 4.68 Å². The van der Waals surface area contributed by atoms with Gasteiger partial charge in [0.25, 0.3) is 0 Å². The lowest BCUT2D eigenvalue weighted by Gasteiger charge is -2.01. The molecule has 0 amide bonds. The first kappa shape index (κ1) is 10.0. The van der Waals surface area contributed by atoms with E-state index in [0.717, 1.165) is 16.4 Å². The van der Waals surface area contributed by atoms with Crippen LogP contribution in [-0.2, 0) is 0 Å². The molecule has 0 fully saturated rings. The normalized spacial score (nSPS) is 10.3. The Kier molecular flexibility index (Phi) is 2.64. The van der Waals surface area contributed by atoms with Crippen molar-refractivity contribution in [2.45, 2.75) is 6.92 Å². The molecule has 0 radical (unpaired) electrons. The average Bonchev–Trinajstić information content (AvgIpc) is 2.61. The van der Waals surface area contributed by atoms with Crippen LogP contribution in [0.3, 0.4) is 0 Å². The molecule has 76 valence electrons. The number of aryl methyl sites for hydroxylation is 1. The van der Waals surface area contributed by atoms with Gasteiger partial charge in [0.1, 0.15) is 5.69 Å². The number of carbonyl (C=O) groups excluding carboxylic acids is 1. The summed E-state index contributed by atoms with van der Waals surface area (Å²) in [5, 5.41) is 7.76. The van der Waals surface area contributed by atoms with Crippen LogP contribution in [0.1, 0.15) is 16.2 Å². The predicted molar refractivity (Wildman–Crippen MR) is 59.2 cm³/mol. The maximum absolute atomic E-state index is 10.8. The lowest BCUT2D eigenvalue weighted by Crippen LogP contribution is -2.01. The van der Waals surface area contributed by atoms with Gasteiger partial charge in [-0.15, -0.1) is 5.10 Å². The van der Waals surface area contributed by atoms with Gasteiger partial charge in [0.2, 0.25) is 0 Å². The molecule has 4 nitrogen and oxygen atoms in total. The maximum Gasteiger partial charge on any atom is 0.170 e. The van der Waals surface area contributed by atoms with E-state index in [0.29, 0.717) is 11.4 Å². The third-order valence-electron chi connectivity index (χ3n) is 2.07. The second-order valence-corrected chi connectivity index (χ2v) is 3.98. The molecular weight excluding hydrogens is 258 g/mol. The highest BCUT2D eigenvalue weighted by molar-refractivity contribution is 9.10. The van der Waals surface area contributed by atoms with Crippen LogP contribution < -0.4 is 0 Å². The fourth-order valence-corrected chi connectivity index (χ4v) is 1.54. The minimum Gasteiger partial charge on any atom is -0.296 e. The molecule has 0 N–H and O–H groups in total. The number of aldehydes is 1. The molecule has 5 heteroatoms. The van der Waals surface area contributed by atoms with Crippen molar-refractivity contribution in [2.24, 2.45) is 0 Å². The second kappa shape index (κ2) is 3.94. The molecule has 0 spiro atoms. The molecule has 0 bridgehead atoms. The van der Waals surface area contributed by atoms with Crippen LogP contribution in [0, 0.1) is 6.92 Å². The summed E-state index contributed by atoms with van der Waals surface area (Å²) in [5.74, 6) is 0. The van der Waals surface area contributed by atoms with Crippen LogP contribution >= 0.6 is 15.9 Å². The van der Waals surface area contributed by atoms with E-state index in [2.05, 4.69) is 26.2 Å².